The first-order valence-corrected chi connectivity index (χ1v) is 8.53. The minimum Gasteiger partial charge on any atom is -0.398 e. The summed E-state index contributed by atoms with van der Waals surface area (Å²) in [5.41, 5.74) is 8.01. The molecule has 0 saturated heterocycles. The Morgan fingerprint density at radius 1 is 1.24 bits per heavy atom. The van der Waals surface area contributed by atoms with Gasteiger partial charge in [0.15, 0.2) is 0 Å². The summed E-state index contributed by atoms with van der Waals surface area (Å²) in [6, 6.07) is 13.3. The van der Waals surface area contributed by atoms with Crippen LogP contribution in [0.4, 0.5) is 5.69 Å². The zero-order valence-corrected chi connectivity index (χ0v) is 14.3. The normalized spacial score (nSPS) is 12.0. The first-order valence-electron chi connectivity index (χ1n) is 6.51. The van der Waals surface area contributed by atoms with E-state index in [0.717, 1.165) is 10.0 Å². The Bertz CT molecular complexity index is 643. The Morgan fingerprint density at radius 3 is 2.48 bits per heavy atom. The minimum absolute atomic E-state index is 0.0512. The first-order chi connectivity index (χ1) is 10.0. The molecular formula is C16H17BrN2OS. The van der Waals surface area contributed by atoms with Crippen molar-refractivity contribution in [2.24, 2.45) is 0 Å². The first kappa shape index (κ1) is 15.9. The number of hydrogen-bond donors (Lipinski definition) is 2. The largest absolute Gasteiger partial charge is 0.398 e. The van der Waals surface area contributed by atoms with Crippen molar-refractivity contribution in [2.75, 3.05) is 12.0 Å². The number of nitrogens with two attached hydrogens (primary N) is 1. The maximum atomic E-state index is 12.2. The lowest BCUT2D eigenvalue weighted by Crippen LogP contribution is -2.26. The number of carbonyl (C=O) groups excluding carboxylic acids is 1. The highest BCUT2D eigenvalue weighted by Gasteiger charge is 2.12. The quantitative estimate of drug-likeness (QED) is 0.629. The van der Waals surface area contributed by atoms with E-state index < -0.39 is 0 Å². The lowest BCUT2D eigenvalue weighted by atomic mass is 10.1. The number of carbonyl (C=O) groups is 1. The molecule has 0 aromatic heterocycles. The minimum atomic E-state index is -0.114. The molecule has 0 aliphatic carbocycles. The van der Waals surface area contributed by atoms with Crippen molar-refractivity contribution < 1.29 is 4.79 Å². The van der Waals surface area contributed by atoms with Crippen LogP contribution in [0.1, 0.15) is 28.9 Å². The van der Waals surface area contributed by atoms with Crippen LogP contribution in [0.5, 0.6) is 0 Å². The standard InChI is InChI=1S/C16H17BrN2OS/c1-10(11-3-6-13(21-2)7-4-11)19-16(20)12-5-8-15(18)14(17)9-12/h3-10H,18H2,1-2H3,(H,19,20). The van der Waals surface area contributed by atoms with E-state index >= 15 is 0 Å². The molecule has 0 spiro atoms. The van der Waals surface area contributed by atoms with Crippen molar-refractivity contribution in [1.82, 2.24) is 5.32 Å². The molecule has 0 heterocycles. The third-order valence-electron chi connectivity index (χ3n) is 3.23. The Morgan fingerprint density at radius 2 is 1.90 bits per heavy atom. The maximum absolute atomic E-state index is 12.2. The highest BCUT2D eigenvalue weighted by atomic mass is 79.9. The fourth-order valence-corrected chi connectivity index (χ4v) is 2.71. The van der Waals surface area contributed by atoms with Crippen LogP contribution in [-0.2, 0) is 0 Å². The van der Waals surface area contributed by atoms with Crippen molar-refractivity contribution in [3.8, 4) is 0 Å². The Hall–Kier alpha value is -1.46. The summed E-state index contributed by atoms with van der Waals surface area (Å²) in [6.45, 7) is 1.97. The Kier molecular flexibility index (Phi) is 5.31. The fraction of sp³-hybridized carbons (Fsp3) is 0.188. The molecule has 0 aliphatic rings. The number of hydrogen-bond acceptors (Lipinski definition) is 3. The molecule has 110 valence electrons. The number of anilines is 1. The molecule has 0 radical (unpaired) electrons. The van der Waals surface area contributed by atoms with E-state index in [9.17, 15) is 4.79 Å². The molecule has 3 nitrogen and oxygen atoms in total. The molecule has 21 heavy (non-hydrogen) atoms. The predicted molar refractivity (Wildman–Crippen MR) is 92.7 cm³/mol. The van der Waals surface area contributed by atoms with Crippen molar-refractivity contribution >= 4 is 39.3 Å². The third kappa shape index (κ3) is 4.02. The molecule has 3 N–H and O–H groups in total. The van der Waals surface area contributed by atoms with Gasteiger partial charge < -0.3 is 11.1 Å². The second-order valence-corrected chi connectivity index (χ2v) is 6.44. The number of rotatable bonds is 4. The molecule has 0 saturated carbocycles. The van der Waals surface area contributed by atoms with Gasteiger partial charge in [-0.2, -0.15) is 0 Å². The highest BCUT2D eigenvalue weighted by molar-refractivity contribution is 9.10. The van der Waals surface area contributed by atoms with Crippen LogP contribution < -0.4 is 11.1 Å². The van der Waals surface area contributed by atoms with Gasteiger partial charge in [-0.15, -0.1) is 11.8 Å². The van der Waals surface area contributed by atoms with Gasteiger partial charge in [0.25, 0.3) is 5.91 Å². The van der Waals surface area contributed by atoms with Crippen LogP contribution in [0.3, 0.4) is 0 Å². The highest BCUT2D eigenvalue weighted by Crippen LogP contribution is 2.22. The molecule has 2 rings (SSSR count). The van der Waals surface area contributed by atoms with Crippen molar-refractivity contribution in [1.29, 1.82) is 0 Å². The van der Waals surface area contributed by atoms with E-state index in [1.54, 1.807) is 30.0 Å². The number of thioether (sulfide) groups is 1. The van der Waals surface area contributed by atoms with Crippen molar-refractivity contribution in [2.45, 2.75) is 17.9 Å². The second kappa shape index (κ2) is 7.00. The van der Waals surface area contributed by atoms with E-state index in [1.807, 2.05) is 25.3 Å². The number of nitrogens with one attached hydrogen (secondary N) is 1. The van der Waals surface area contributed by atoms with Crippen LogP contribution >= 0.6 is 27.7 Å². The fourth-order valence-electron chi connectivity index (χ4n) is 1.92. The number of nitrogen functional groups attached to an aromatic ring is 1. The smallest absolute Gasteiger partial charge is 0.251 e. The average molecular weight is 365 g/mol. The van der Waals surface area contributed by atoms with E-state index in [2.05, 4.69) is 33.4 Å². The van der Waals surface area contributed by atoms with E-state index in [-0.39, 0.29) is 11.9 Å². The SMILES string of the molecule is CSc1ccc(C(C)NC(=O)c2ccc(N)c(Br)c2)cc1. The zero-order chi connectivity index (χ0) is 15.4. The summed E-state index contributed by atoms with van der Waals surface area (Å²) >= 11 is 5.03. The molecule has 0 bridgehead atoms. The molecule has 0 aliphatic heterocycles. The summed E-state index contributed by atoms with van der Waals surface area (Å²) in [4.78, 5) is 13.4. The predicted octanol–water partition coefficient (Wildman–Crippen LogP) is 4.24. The van der Waals surface area contributed by atoms with Gasteiger partial charge in [0.05, 0.1) is 6.04 Å². The molecule has 2 aromatic carbocycles. The van der Waals surface area contributed by atoms with E-state index in [4.69, 9.17) is 5.73 Å². The van der Waals surface area contributed by atoms with Crippen molar-refractivity contribution in [3.05, 3.63) is 58.1 Å². The maximum Gasteiger partial charge on any atom is 0.251 e. The van der Waals surface area contributed by atoms with Gasteiger partial charge in [0, 0.05) is 20.6 Å². The summed E-state index contributed by atoms with van der Waals surface area (Å²) in [5.74, 6) is -0.114. The van der Waals surface area contributed by atoms with Crippen LogP contribution in [0.15, 0.2) is 51.8 Å². The Balaban J connectivity index is 2.08. The van der Waals surface area contributed by atoms with Crippen LogP contribution in [-0.4, -0.2) is 12.2 Å². The average Bonchev–Trinajstić information content (AvgIpc) is 2.50. The molecule has 1 amide bonds. The van der Waals surface area contributed by atoms with Crippen molar-refractivity contribution in [3.63, 3.8) is 0 Å². The number of halogens is 1. The molecule has 2 aromatic rings. The van der Waals surface area contributed by atoms with E-state index in [0.29, 0.717) is 11.3 Å². The van der Waals surface area contributed by atoms with Gasteiger partial charge >= 0.3 is 0 Å². The van der Waals surface area contributed by atoms with Crippen LogP contribution in [0.2, 0.25) is 0 Å². The van der Waals surface area contributed by atoms with Crippen LogP contribution in [0, 0.1) is 0 Å². The summed E-state index contributed by atoms with van der Waals surface area (Å²) < 4.78 is 0.729. The van der Waals surface area contributed by atoms with Gasteiger partial charge in [-0.3, -0.25) is 4.79 Å². The van der Waals surface area contributed by atoms with Gasteiger partial charge in [-0.1, -0.05) is 12.1 Å². The molecular weight excluding hydrogens is 348 g/mol. The van der Waals surface area contributed by atoms with E-state index in [1.165, 1.54) is 4.90 Å². The summed E-state index contributed by atoms with van der Waals surface area (Å²) in [7, 11) is 0. The molecule has 1 atom stereocenters. The summed E-state index contributed by atoms with van der Waals surface area (Å²) in [5, 5.41) is 2.99. The van der Waals surface area contributed by atoms with Gasteiger partial charge in [-0.25, -0.2) is 0 Å². The molecule has 0 fully saturated rings. The topological polar surface area (TPSA) is 55.1 Å². The van der Waals surface area contributed by atoms with Crippen LogP contribution in [0.25, 0.3) is 0 Å². The molecule has 1 unspecified atom stereocenters. The number of amides is 1. The second-order valence-electron chi connectivity index (χ2n) is 4.70. The number of benzene rings is 2. The van der Waals surface area contributed by atoms with Gasteiger partial charge in [0.1, 0.15) is 0 Å². The third-order valence-corrected chi connectivity index (χ3v) is 4.66. The lowest BCUT2D eigenvalue weighted by molar-refractivity contribution is 0.0940. The van der Waals surface area contributed by atoms with Gasteiger partial charge in [-0.05, 0) is 65.0 Å². The van der Waals surface area contributed by atoms with Gasteiger partial charge in [0.2, 0.25) is 0 Å². The molecule has 5 heteroatoms. The summed E-state index contributed by atoms with van der Waals surface area (Å²) in [6.07, 6.45) is 2.04. The lowest BCUT2D eigenvalue weighted by Gasteiger charge is -2.15. The monoisotopic (exact) mass is 364 g/mol. The zero-order valence-electron chi connectivity index (χ0n) is 11.9. The Labute approximate surface area is 137 Å².